The molecule has 0 spiro atoms. The van der Waals surface area contributed by atoms with Crippen LogP contribution in [-0.2, 0) is 11.3 Å². The fourth-order valence-electron chi connectivity index (χ4n) is 4.39. The Morgan fingerprint density at radius 2 is 1.65 bits per heavy atom. The molecule has 0 saturated carbocycles. The number of hydrogen-bond acceptors (Lipinski definition) is 3. The number of aromatic nitrogens is 1. The molecule has 1 aliphatic rings. The van der Waals surface area contributed by atoms with Crippen molar-refractivity contribution in [1.29, 1.82) is 0 Å². The average molecular weight is 464 g/mol. The minimum atomic E-state index is -1.12. The van der Waals surface area contributed by atoms with E-state index in [-0.39, 0.29) is 35.7 Å². The van der Waals surface area contributed by atoms with Crippen molar-refractivity contribution >= 4 is 16.7 Å². The number of nitrogens with one attached hydrogen (secondary N) is 1. The van der Waals surface area contributed by atoms with Crippen LogP contribution in [0.4, 0.5) is 13.2 Å². The molecule has 3 aromatic carbocycles. The minimum Gasteiger partial charge on any atom is -0.373 e. The van der Waals surface area contributed by atoms with Crippen molar-refractivity contribution in [3.63, 3.8) is 0 Å². The summed E-state index contributed by atoms with van der Waals surface area (Å²) in [5.41, 5.74) is 2.02. The molecule has 0 radical (unpaired) electrons. The molecule has 5 nitrogen and oxygen atoms in total. The third-order valence-electron chi connectivity index (χ3n) is 6.10. The standard InChI is InChI=1S/C26H19F3N2O3/c1-31(26(33)16-6-2-4-14(8-16)15-5-3-7-17(27)9-15)23-13-34-12-22-24(23)18-10-20(28)21(29)11-19(18)25(32)30-22/h2-11,23H,12-13H2,1H3,(H,30,32)/t23-/m1/s1. The van der Waals surface area contributed by atoms with Crippen LogP contribution in [0.3, 0.4) is 0 Å². The summed E-state index contributed by atoms with van der Waals surface area (Å²) in [4.78, 5) is 30.0. The van der Waals surface area contributed by atoms with Crippen LogP contribution in [-0.4, -0.2) is 29.4 Å². The lowest BCUT2D eigenvalue weighted by molar-refractivity contribution is 0.0335. The van der Waals surface area contributed by atoms with Crippen LogP contribution in [0.2, 0.25) is 0 Å². The second-order valence-electron chi connectivity index (χ2n) is 8.20. The molecule has 4 aromatic rings. The predicted molar refractivity (Wildman–Crippen MR) is 121 cm³/mol. The third-order valence-corrected chi connectivity index (χ3v) is 6.10. The van der Waals surface area contributed by atoms with Gasteiger partial charge in [0.1, 0.15) is 5.82 Å². The monoisotopic (exact) mass is 464 g/mol. The van der Waals surface area contributed by atoms with Gasteiger partial charge in [-0.1, -0.05) is 24.3 Å². The summed E-state index contributed by atoms with van der Waals surface area (Å²) < 4.78 is 47.2. The molecule has 1 atom stereocenters. The van der Waals surface area contributed by atoms with Gasteiger partial charge in [-0.3, -0.25) is 9.59 Å². The van der Waals surface area contributed by atoms with Gasteiger partial charge in [-0.05, 0) is 52.9 Å². The summed E-state index contributed by atoms with van der Waals surface area (Å²) in [5, 5.41) is 0.234. The number of rotatable bonds is 3. The van der Waals surface area contributed by atoms with Gasteiger partial charge in [0.2, 0.25) is 0 Å². The number of benzene rings is 3. The van der Waals surface area contributed by atoms with Crippen molar-refractivity contribution in [2.75, 3.05) is 13.7 Å². The van der Waals surface area contributed by atoms with Crippen LogP contribution in [0.25, 0.3) is 21.9 Å². The highest BCUT2D eigenvalue weighted by Gasteiger charge is 2.31. The SMILES string of the molecule is CN(C(=O)c1cccc(-c2cccc(F)c2)c1)[C@@H]1COCc2[nH]c(=O)c3cc(F)c(F)cc3c21. The molecule has 172 valence electrons. The van der Waals surface area contributed by atoms with Crippen molar-refractivity contribution in [2.24, 2.45) is 0 Å². The molecular weight excluding hydrogens is 445 g/mol. The van der Waals surface area contributed by atoms with Gasteiger partial charge in [0.25, 0.3) is 11.5 Å². The van der Waals surface area contributed by atoms with Crippen LogP contribution in [0.5, 0.6) is 0 Å². The first-order chi connectivity index (χ1) is 16.3. The maximum Gasteiger partial charge on any atom is 0.256 e. The zero-order valence-corrected chi connectivity index (χ0v) is 18.1. The Bertz CT molecular complexity index is 1500. The summed E-state index contributed by atoms with van der Waals surface area (Å²) in [7, 11) is 1.58. The zero-order chi connectivity index (χ0) is 24.0. The van der Waals surface area contributed by atoms with E-state index >= 15 is 0 Å². The number of fused-ring (bicyclic) bond motifs is 3. The summed E-state index contributed by atoms with van der Waals surface area (Å²) in [6.45, 7) is 0.187. The Morgan fingerprint density at radius 3 is 2.38 bits per heavy atom. The second-order valence-corrected chi connectivity index (χ2v) is 8.20. The van der Waals surface area contributed by atoms with E-state index in [0.717, 1.165) is 12.1 Å². The number of H-pyrrole nitrogens is 1. The van der Waals surface area contributed by atoms with Gasteiger partial charge in [-0.15, -0.1) is 0 Å². The molecular formula is C26H19F3N2O3. The van der Waals surface area contributed by atoms with Crippen molar-refractivity contribution in [1.82, 2.24) is 9.88 Å². The number of aromatic amines is 1. The van der Waals surface area contributed by atoms with Crippen molar-refractivity contribution in [3.05, 3.63) is 105 Å². The third kappa shape index (κ3) is 3.76. The average Bonchev–Trinajstić information content (AvgIpc) is 2.84. The number of halogens is 3. The molecule has 0 unspecified atom stereocenters. The van der Waals surface area contributed by atoms with Gasteiger partial charge in [0.05, 0.1) is 24.6 Å². The molecule has 8 heteroatoms. The predicted octanol–water partition coefficient (Wildman–Crippen LogP) is 4.96. The minimum absolute atomic E-state index is 0.00139. The Kier molecular flexibility index (Phi) is 5.45. The molecule has 34 heavy (non-hydrogen) atoms. The number of pyridine rings is 1. The van der Waals surface area contributed by atoms with E-state index in [1.807, 2.05) is 0 Å². The van der Waals surface area contributed by atoms with Gasteiger partial charge >= 0.3 is 0 Å². The molecule has 0 fully saturated rings. The van der Waals surface area contributed by atoms with E-state index in [2.05, 4.69) is 4.98 Å². The molecule has 1 amide bonds. The number of carbonyl (C=O) groups is 1. The zero-order valence-electron chi connectivity index (χ0n) is 18.1. The lowest BCUT2D eigenvalue weighted by Crippen LogP contribution is -2.37. The lowest BCUT2D eigenvalue weighted by Gasteiger charge is -2.34. The molecule has 0 saturated heterocycles. The van der Waals surface area contributed by atoms with Crippen LogP contribution in [0.1, 0.15) is 27.7 Å². The van der Waals surface area contributed by atoms with Gasteiger partial charge in [-0.2, -0.15) is 0 Å². The number of amides is 1. The summed E-state index contributed by atoms with van der Waals surface area (Å²) in [6.07, 6.45) is 0. The fourth-order valence-corrected chi connectivity index (χ4v) is 4.39. The highest BCUT2D eigenvalue weighted by molar-refractivity contribution is 5.96. The Morgan fingerprint density at radius 1 is 0.971 bits per heavy atom. The van der Waals surface area contributed by atoms with Gasteiger partial charge in [0, 0.05) is 23.9 Å². The van der Waals surface area contributed by atoms with Crippen molar-refractivity contribution in [3.8, 4) is 11.1 Å². The van der Waals surface area contributed by atoms with Crippen LogP contribution >= 0.6 is 0 Å². The first kappa shape index (κ1) is 21.9. The lowest BCUT2D eigenvalue weighted by atomic mass is 9.95. The number of nitrogens with zero attached hydrogens (tertiary/aromatic N) is 1. The van der Waals surface area contributed by atoms with E-state index in [1.165, 1.54) is 17.0 Å². The largest absolute Gasteiger partial charge is 0.373 e. The topological polar surface area (TPSA) is 62.4 Å². The first-order valence-corrected chi connectivity index (χ1v) is 10.6. The quantitative estimate of drug-likeness (QED) is 0.467. The summed E-state index contributed by atoms with van der Waals surface area (Å²) in [5.74, 6) is -2.93. The van der Waals surface area contributed by atoms with E-state index in [9.17, 15) is 22.8 Å². The molecule has 2 heterocycles. The number of hydrogen-bond donors (Lipinski definition) is 1. The fraction of sp³-hybridized carbons (Fsp3) is 0.154. The Hall–Kier alpha value is -3.91. The molecule has 5 rings (SSSR count). The van der Waals surface area contributed by atoms with Gasteiger partial charge in [0.15, 0.2) is 11.6 Å². The Balaban J connectivity index is 1.56. The number of carbonyl (C=O) groups excluding carboxylic acids is 1. The Labute approximate surface area is 192 Å². The van der Waals surface area contributed by atoms with Crippen molar-refractivity contribution in [2.45, 2.75) is 12.6 Å². The second kappa shape index (κ2) is 8.46. The molecule has 1 aliphatic heterocycles. The highest BCUT2D eigenvalue weighted by atomic mass is 19.2. The molecule has 0 bridgehead atoms. The van der Waals surface area contributed by atoms with Crippen LogP contribution < -0.4 is 5.56 Å². The summed E-state index contributed by atoms with van der Waals surface area (Å²) >= 11 is 0. The van der Waals surface area contributed by atoms with Gasteiger partial charge in [-0.25, -0.2) is 13.2 Å². The highest BCUT2D eigenvalue weighted by Crippen LogP contribution is 2.34. The van der Waals surface area contributed by atoms with E-state index in [1.54, 1.807) is 43.4 Å². The first-order valence-electron chi connectivity index (χ1n) is 10.6. The summed E-state index contributed by atoms with van der Waals surface area (Å²) in [6, 6.07) is 14.1. The van der Waals surface area contributed by atoms with E-state index in [4.69, 9.17) is 4.74 Å². The van der Waals surface area contributed by atoms with Crippen molar-refractivity contribution < 1.29 is 22.7 Å². The van der Waals surface area contributed by atoms with Crippen LogP contribution in [0.15, 0.2) is 65.5 Å². The smallest absolute Gasteiger partial charge is 0.256 e. The van der Waals surface area contributed by atoms with E-state index in [0.29, 0.717) is 27.9 Å². The number of ether oxygens (including phenoxy) is 1. The maximum absolute atomic E-state index is 14.1. The molecule has 0 aliphatic carbocycles. The van der Waals surface area contributed by atoms with Crippen LogP contribution in [0, 0.1) is 17.5 Å². The molecule has 1 N–H and O–H groups in total. The van der Waals surface area contributed by atoms with Gasteiger partial charge < -0.3 is 14.6 Å². The maximum atomic E-state index is 14.1. The number of likely N-dealkylation sites (N-methyl/N-ethyl adjacent to an activating group) is 1. The normalized spacial score (nSPS) is 15.2. The molecule has 1 aromatic heterocycles. The van der Waals surface area contributed by atoms with E-state index < -0.39 is 23.2 Å².